The molecular weight excluding hydrogens is 405 g/mol. The van der Waals surface area contributed by atoms with Crippen molar-refractivity contribution in [3.8, 4) is 11.5 Å². The fraction of sp³-hybridized carbons (Fsp3) is 0.364. The lowest BCUT2D eigenvalue weighted by Gasteiger charge is -2.17. The first-order valence-electron chi connectivity index (χ1n) is 9.70. The van der Waals surface area contributed by atoms with E-state index in [4.69, 9.17) is 14.2 Å². The molecule has 0 amide bonds. The molecule has 1 heterocycles. The minimum Gasteiger partial charge on any atom is -0.493 e. The predicted octanol–water partition coefficient (Wildman–Crippen LogP) is 4.68. The average molecular weight is 432 g/mol. The number of nitrogens with zero attached hydrogens (tertiary/aromatic N) is 3. The molecular formula is C22H26FN3O3S. The predicted molar refractivity (Wildman–Crippen MR) is 115 cm³/mol. The maximum atomic E-state index is 13.8. The third-order valence-electron chi connectivity index (χ3n) is 4.38. The maximum Gasteiger partial charge on any atom is 0.191 e. The molecule has 3 aromatic rings. The van der Waals surface area contributed by atoms with E-state index in [1.54, 1.807) is 37.1 Å². The fourth-order valence-corrected chi connectivity index (χ4v) is 3.77. The molecule has 0 N–H and O–H groups in total. The van der Waals surface area contributed by atoms with E-state index in [1.807, 2.05) is 42.7 Å². The van der Waals surface area contributed by atoms with Gasteiger partial charge in [0.15, 0.2) is 22.5 Å². The van der Waals surface area contributed by atoms with E-state index in [0.717, 1.165) is 10.9 Å². The molecule has 0 saturated carbocycles. The normalized spacial score (nSPS) is 12.0. The van der Waals surface area contributed by atoms with Gasteiger partial charge in [-0.2, -0.15) is 0 Å². The van der Waals surface area contributed by atoms with Crippen LogP contribution in [0.15, 0.2) is 53.7 Å². The van der Waals surface area contributed by atoms with Crippen LogP contribution in [0.1, 0.15) is 24.4 Å². The van der Waals surface area contributed by atoms with Gasteiger partial charge in [-0.25, -0.2) is 4.39 Å². The number of aromatic nitrogens is 3. The molecule has 2 aromatic carbocycles. The Bertz CT molecular complexity index is 934. The molecule has 30 heavy (non-hydrogen) atoms. The average Bonchev–Trinajstić information content (AvgIpc) is 3.15. The van der Waals surface area contributed by atoms with Crippen LogP contribution >= 0.6 is 11.8 Å². The van der Waals surface area contributed by atoms with E-state index < -0.39 is 5.82 Å². The van der Waals surface area contributed by atoms with Crippen LogP contribution in [0.2, 0.25) is 0 Å². The van der Waals surface area contributed by atoms with Gasteiger partial charge in [0.05, 0.1) is 19.3 Å². The summed E-state index contributed by atoms with van der Waals surface area (Å²) < 4.78 is 32.5. The number of hydrogen-bond acceptors (Lipinski definition) is 6. The number of ether oxygens (including phenoxy) is 3. The molecule has 0 radical (unpaired) electrons. The highest BCUT2D eigenvalue weighted by molar-refractivity contribution is 7.99. The first-order valence-corrected chi connectivity index (χ1v) is 10.7. The Kier molecular flexibility index (Phi) is 8.10. The van der Waals surface area contributed by atoms with Crippen molar-refractivity contribution in [1.29, 1.82) is 0 Å². The molecule has 0 aliphatic carbocycles. The lowest BCUT2D eigenvalue weighted by Crippen LogP contribution is -2.17. The van der Waals surface area contributed by atoms with E-state index in [0.29, 0.717) is 24.8 Å². The summed E-state index contributed by atoms with van der Waals surface area (Å²) in [4.78, 5) is 0. The fourth-order valence-electron chi connectivity index (χ4n) is 2.89. The van der Waals surface area contributed by atoms with E-state index in [1.165, 1.54) is 11.6 Å². The van der Waals surface area contributed by atoms with Crippen molar-refractivity contribution in [2.45, 2.75) is 31.7 Å². The Morgan fingerprint density at radius 1 is 1.07 bits per heavy atom. The highest BCUT2D eigenvalue weighted by Gasteiger charge is 2.19. The zero-order valence-electron chi connectivity index (χ0n) is 17.4. The van der Waals surface area contributed by atoms with Gasteiger partial charge in [-0.05, 0) is 38.1 Å². The van der Waals surface area contributed by atoms with Crippen molar-refractivity contribution < 1.29 is 18.6 Å². The molecule has 6 nitrogen and oxygen atoms in total. The van der Waals surface area contributed by atoms with E-state index in [-0.39, 0.29) is 18.4 Å². The molecule has 0 saturated heterocycles. The molecule has 0 unspecified atom stereocenters. The summed E-state index contributed by atoms with van der Waals surface area (Å²) in [5.74, 6) is 1.95. The molecule has 0 aliphatic heterocycles. The number of thioether (sulfide) groups is 1. The molecule has 0 aliphatic rings. The van der Waals surface area contributed by atoms with Crippen molar-refractivity contribution in [2.24, 2.45) is 0 Å². The third kappa shape index (κ3) is 5.96. The first kappa shape index (κ1) is 22.1. The molecule has 8 heteroatoms. The van der Waals surface area contributed by atoms with Crippen LogP contribution in [0.25, 0.3) is 0 Å². The van der Waals surface area contributed by atoms with Gasteiger partial charge in [0.2, 0.25) is 0 Å². The van der Waals surface area contributed by atoms with Crippen molar-refractivity contribution in [3.05, 3.63) is 65.7 Å². The molecule has 0 spiro atoms. The minimum atomic E-state index is -0.406. The summed E-state index contributed by atoms with van der Waals surface area (Å²) in [7, 11) is 1.65. The number of para-hydroxylation sites is 1. The summed E-state index contributed by atoms with van der Waals surface area (Å²) in [6.45, 7) is 5.22. The second-order valence-corrected chi connectivity index (χ2v) is 7.86. The Hall–Kier alpha value is -2.58. The smallest absolute Gasteiger partial charge is 0.191 e. The second kappa shape index (κ2) is 11.0. The van der Waals surface area contributed by atoms with Gasteiger partial charge in [-0.15, -0.1) is 10.2 Å². The zero-order chi connectivity index (χ0) is 21.3. The number of halogens is 1. The summed E-state index contributed by atoms with van der Waals surface area (Å²) in [5, 5.41) is 9.31. The third-order valence-corrected chi connectivity index (χ3v) is 5.29. The number of methoxy groups -OCH3 is 1. The molecule has 160 valence electrons. The van der Waals surface area contributed by atoms with E-state index in [9.17, 15) is 4.39 Å². The second-order valence-electron chi connectivity index (χ2n) is 6.80. The highest BCUT2D eigenvalue weighted by atomic mass is 32.2. The Morgan fingerprint density at radius 2 is 1.83 bits per heavy atom. The SMILES string of the molecule is COC[C@@H](C)n1c(COc2ccccc2F)nnc1SCCOc1ccc(C)cc1. The van der Waals surface area contributed by atoms with Gasteiger partial charge in [0.1, 0.15) is 12.4 Å². The quantitative estimate of drug-likeness (QED) is 0.324. The van der Waals surface area contributed by atoms with Crippen LogP contribution in [0.4, 0.5) is 4.39 Å². The van der Waals surface area contributed by atoms with Crippen molar-refractivity contribution in [2.75, 3.05) is 26.1 Å². The number of benzene rings is 2. The maximum absolute atomic E-state index is 13.8. The molecule has 0 fully saturated rings. The standard InChI is InChI=1S/C22H26FN3O3S/c1-16-8-10-18(11-9-16)28-12-13-30-22-25-24-21(26(22)17(2)14-27-3)15-29-20-7-5-4-6-19(20)23/h4-11,17H,12-15H2,1-3H3/t17-/m1/s1. The molecule has 1 aromatic heterocycles. The Labute approximate surface area is 180 Å². The number of rotatable bonds is 11. The van der Waals surface area contributed by atoms with Crippen LogP contribution in [-0.4, -0.2) is 40.8 Å². The zero-order valence-corrected chi connectivity index (χ0v) is 18.2. The molecule has 0 bridgehead atoms. The van der Waals surface area contributed by atoms with Crippen LogP contribution < -0.4 is 9.47 Å². The first-order chi connectivity index (χ1) is 14.6. The van der Waals surface area contributed by atoms with Gasteiger partial charge in [0, 0.05) is 12.9 Å². The van der Waals surface area contributed by atoms with E-state index in [2.05, 4.69) is 10.2 Å². The monoisotopic (exact) mass is 431 g/mol. The van der Waals surface area contributed by atoms with Gasteiger partial charge in [-0.3, -0.25) is 4.57 Å². The lowest BCUT2D eigenvalue weighted by atomic mass is 10.2. The largest absolute Gasteiger partial charge is 0.493 e. The highest BCUT2D eigenvalue weighted by Crippen LogP contribution is 2.24. The number of hydrogen-bond donors (Lipinski definition) is 0. The van der Waals surface area contributed by atoms with Crippen LogP contribution in [0, 0.1) is 12.7 Å². The molecule has 3 rings (SSSR count). The van der Waals surface area contributed by atoms with Crippen LogP contribution in [0.5, 0.6) is 11.5 Å². The van der Waals surface area contributed by atoms with Gasteiger partial charge in [-0.1, -0.05) is 41.6 Å². The Balaban J connectivity index is 1.63. The van der Waals surface area contributed by atoms with Gasteiger partial charge >= 0.3 is 0 Å². The summed E-state index contributed by atoms with van der Waals surface area (Å²) in [6, 6.07) is 14.3. The summed E-state index contributed by atoms with van der Waals surface area (Å²) in [5.41, 5.74) is 1.20. The van der Waals surface area contributed by atoms with Gasteiger partial charge < -0.3 is 14.2 Å². The topological polar surface area (TPSA) is 58.4 Å². The summed E-state index contributed by atoms with van der Waals surface area (Å²) >= 11 is 1.55. The minimum absolute atomic E-state index is 0.00439. The van der Waals surface area contributed by atoms with Crippen molar-refractivity contribution in [3.63, 3.8) is 0 Å². The summed E-state index contributed by atoms with van der Waals surface area (Å²) in [6.07, 6.45) is 0. The van der Waals surface area contributed by atoms with E-state index >= 15 is 0 Å². The van der Waals surface area contributed by atoms with Crippen molar-refractivity contribution >= 4 is 11.8 Å². The van der Waals surface area contributed by atoms with Gasteiger partial charge in [0.25, 0.3) is 0 Å². The number of aryl methyl sites for hydroxylation is 1. The lowest BCUT2D eigenvalue weighted by molar-refractivity contribution is 0.154. The van der Waals surface area contributed by atoms with Crippen LogP contribution in [0.3, 0.4) is 0 Å². The van der Waals surface area contributed by atoms with Crippen molar-refractivity contribution in [1.82, 2.24) is 14.8 Å². The Morgan fingerprint density at radius 3 is 2.57 bits per heavy atom. The molecule has 1 atom stereocenters. The van der Waals surface area contributed by atoms with Crippen LogP contribution in [-0.2, 0) is 11.3 Å².